The van der Waals surface area contributed by atoms with Crippen molar-refractivity contribution in [2.75, 3.05) is 23.9 Å². The number of methoxy groups -OCH3 is 1. The molecule has 0 radical (unpaired) electrons. The van der Waals surface area contributed by atoms with Crippen LogP contribution in [-0.2, 0) is 20.6 Å². The quantitative estimate of drug-likeness (QED) is 0.224. The van der Waals surface area contributed by atoms with Crippen molar-refractivity contribution in [2.24, 2.45) is 5.92 Å². The second-order valence-corrected chi connectivity index (χ2v) is 13.1. The number of carbonyl (C=O) groups excluding carboxylic acids is 3. The van der Waals surface area contributed by atoms with E-state index in [0.29, 0.717) is 31.4 Å². The number of thiazole rings is 1. The molecule has 0 saturated carbocycles. The maximum Gasteiger partial charge on any atom is 0.416 e. The first-order valence-electron chi connectivity index (χ1n) is 13.3. The molecule has 45 heavy (non-hydrogen) atoms. The summed E-state index contributed by atoms with van der Waals surface area (Å²) >= 11 is 5.30. The van der Waals surface area contributed by atoms with Gasteiger partial charge in [-0.3, -0.25) is 19.2 Å². The third kappa shape index (κ3) is 5.99. The molecular formula is C30H21BrF3N3O6S2. The van der Waals surface area contributed by atoms with Crippen LogP contribution >= 0.6 is 39.0 Å². The highest BCUT2D eigenvalue weighted by Crippen LogP contribution is 2.55. The minimum absolute atomic E-state index is 0.202. The molecule has 2 unspecified atom stereocenters. The Balaban J connectivity index is 1.35. The van der Waals surface area contributed by atoms with Crippen molar-refractivity contribution >= 4 is 68.1 Å². The van der Waals surface area contributed by atoms with Crippen LogP contribution in [0, 0.1) is 5.92 Å². The number of fused-ring (bicyclic) bond motifs is 2. The number of anilines is 2. The van der Waals surface area contributed by atoms with Gasteiger partial charge in [-0.05, 0) is 60.7 Å². The number of H-pyrrole nitrogens is 1. The van der Waals surface area contributed by atoms with Gasteiger partial charge in [0.15, 0.2) is 6.61 Å². The zero-order chi connectivity index (χ0) is 32.0. The zero-order valence-electron chi connectivity index (χ0n) is 23.0. The van der Waals surface area contributed by atoms with E-state index in [9.17, 15) is 32.3 Å². The van der Waals surface area contributed by atoms with Crippen molar-refractivity contribution in [3.05, 3.63) is 96.9 Å². The topological polar surface area (TPSA) is 118 Å². The van der Waals surface area contributed by atoms with Crippen molar-refractivity contribution in [3.63, 3.8) is 0 Å². The number of halogens is 4. The predicted octanol–water partition coefficient (Wildman–Crippen LogP) is 6.04. The highest BCUT2D eigenvalue weighted by atomic mass is 79.9. The molecular weight excluding hydrogens is 699 g/mol. The van der Waals surface area contributed by atoms with Crippen molar-refractivity contribution in [2.45, 2.75) is 22.4 Å². The van der Waals surface area contributed by atoms with Gasteiger partial charge in [-0.25, -0.2) is 4.90 Å². The molecule has 1 saturated heterocycles. The average molecular weight is 721 g/mol. The smallest absolute Gasteiger partial charge is 0.416 e. The Morgan fingerprint density at radius 3 is 2.51 bits per heavy atom. The number of rotatable bonds is 7. The number of benzene rings is 3. The van der Waals surface area contributed by atoms with E-state index in [1.54, 1.807) is 42.5 Å². The van der Waals surface area contributed by atoms with Gasteiger partial charge in [0, 0.05) is 26.5 Å². The second kappa shape index (κ2) is 12.0. The van der Waals surface area contributed by atoms with Crippen LogP contribution in [0.3, 0.4) is 0 Å². The summed E-state index contributed by atoms with van der Waals surface area (Å²) in [5.74, 6) is -3.01. The number of carbonyl (C=O) groups is 3. The first kappa shape index (κ1) is 30.9. The average Bonchev–Trinajstić information content (AvgIpc) is 3.50. The Morgan fingerprint density at radius 1 is 1.04 bits per heavy atom. The van der Waals surface area contributed by atoms with E-state index in [0.717, 1.165) is 46.2 Å². The lowest BCUT2D eigenvalue weighted by atomic mass is 9.82. The van der Waals surface area contributed by atoms with Crippen molar-refractivity contribution in [1.82, 2.24) is 4.98 Å². The van der Waals surface area contributed by atoms with E-state index >= 15 is 0 Å². The van der Waals surface area contributed by atoms with Crippen LogP contribution in [0.4, 0.5) is 24.5 Å². The summed E-state index contributed by atoms with van der Waals surface area (Å²) in [6.45, 7) is -0.407. The number of ether oxygens (including phenoxy) is 2. The molecule has 6 rings (SSSR count). The van der Waals surface area contributed by atoms with Gasteiger partial charge in [0.05, 0.1) is 29.3 Å². The third-order valence-electron chi connectivity index (χ3n) is 7.30. The van der Waals surface area contributed by atoms with Crippen LogP contribution in [0.2, 0.25) is 0 Å². The molecule has 232 valence electrons. The Kier molecular flexibility index (Phi) is 8.26. The maximum atomic E-state index is 14.0. The first-order chi connectivity index (χ1) is 21.4. The zero-order valence-corrected chi connectivity index (χ0v) is 26.2. The van der Waals surface area contributed by atoms with Crippen LogP contribution < -0.4 is 24.6 Å². The molecule has 0 bridgehead atoms. The summed E-state index contributed by atoms with van der Waals surface area (Å²) in [7, 11) is 1.53. The van der Waals surface area contributed by atoms with E-state index < -0.39 is 58.0 Å². The first-order valence-corrected chi connectivity index (χ1v) is 15.7. The number of amides is 3. The van der Waals surface area contributed by atoms with Crippen molar-refractivity contribution in [3.8, 4) is 11.5 Å². The van der Waals surface area contributed by atoms with Crippen LogP contribution in [0.1, 0.15) is 21.9 Å². The lowest BCUT2D eigenvalue weighted by molar-refractivity contribution is -0.137. The Morgan fingerprint density at radius 2 is 1.80 bits per heavy atom. The molecule has 0 aliphatic carbocycles. The van der Waals surface area contributed by atoms with Gasteiger partial charge < -0.3 is 19.8 Å². The van der Waals surface area contributed by atoms with E-state index in [4.69, 9.17) is 9.47 Å². The Labute approximate surface area is 269 Å². The maximum absolute atomic E-state index is 14.0. The highest BCUT2D eigenvalue weighted by molar-refractivity contribution is 9.10. The standard InChI is InChI=1S/C30H21BrF3N3O6S2/c1-42-18-8-6-16(7-9-18)35-21(38)13-43-20-10-5-15(31)12-19(20)22-23-25(44-26-24(22)45-29(41)36-26)28(40)37(27(23)39)17-4-2-3-14(11-17)30(32,33)34/h2-12,22-23,25H,13H2,1H3,(H,35,38)(H,36,41)/t22-,23?,25?/m1/s1. The van der Waals surface area contributed by atoms with Crippen molar-refractivity contribution in [1.29, 1.82) is 0 Å². The fourth-order valence-corrected chi connectivity index (χ4v) is 8.22. The fraction of sp³-hybridized carbons (Fsp3) is 0.200. The number of nitrogens with zero attached hydrogens (tertiary/aromatic N) is 1. The summed E-state index contributed by atoms with van der Waals surface area (Å²) in [6, 6.07) is 15.7. The number of aromatic amines is 1. The molecule has 3 heterocycles. The van der Waals surface area contributed by atoms with Gasteiger partial charge in [-0.15, -0.1) is 0 Å². The Hall–Kier alpha value is -4.08. The molecule has 1 fully saturated rings. The molecule has 3 atom stereocenters. The number of hydrogen-bond donors (Lipinski definition) is 2. The predicted molar refractivity (Wildman–Crippen MR) is 165 cm³/mol. The summed E-state index contributed by atoms with van der Waals surface area (Å²) in [6.07, 6.45) is -4.68. The van der Waals surface area contributed by atoms with E-state index in [-0.39, 0.29) is 11.4 Å². The molecule has 9 nitrogen and oxygen atoms in total. The van der Waals surface area contributed by atoms with Gasteiger partial charge in [0.1, 0.15) is 16.7 Å². The van der Waals surface area contributed by atoms with E-state index in [1.165, 1.54) is 13.2 Å². The van der Waals surface area contributed by atoms with Gasteiger partial charge in [0.25, 0.3) is 5.91 Å². The van der Waals surface area contributed by atoms with Gasteiger partial charge in [-0.1, -0.05) is 45.1 Å². The number of alkyl halides is 3. The highest BCUT2D eigenvalue weighted by Gasteiger charge is 2.57. The van der Waals surface area contributed by atoms with Crippen LogP contribution in [0.15, 0.2) is 81.0 Å². The Bertz CT molecular complexity index is 1880. The SMILES string of the molecule is COc1ccc(NC(=O)COc2ccc(Br)cc2[C@H]2c3sc(=O)[nH]c3SC3C(=O)N(c4cccc(C(F)(F)F)c4)C(=O)C32)cc1. The molecule has 2 N–H and O–H groups in total. The van der Waals surface area contributed by atoms with Crippen LogP contribution in [-0.4, -0.2) is 41.7 Å². The number of imide groups is 1. The normalized spacial score (nSPS) is 19.2. The number of nitrogens with one attached hydrogen (secondary N) is 2. The van der Waals surface area contributed by atoms with Crippen LogP contribution in [0.5, 0.6) is 11.5 Å². The third-order valence-corrected chi connectivity index (χ3v) is 10.2. The fourth-order valence-electron chi connectivity index (χ4n) is 5.34. The van der Waals surface area contributed by atoms with Crippen LogP contribution in [0.25, 0.3) is 0 Å². The van der Waals surface area contributed by atoms with Gasteiger partial charge in [0.2, 0.25) is 11.8 Å². The minimum Gasteiger partial charge on any atom is -0.497 e. The molecule has 2 aliphatic heterocycles. The number of thioether (sulfide) groups is 1. The minimum atomic E-state index is -4.68. The van der Waals surface area contributed by atoms with Gasteiger partial charge in [-0.2, -0.15) is 13.2 Å². The summed E-state index contributed by atoms with van der Waals surface area (Å²) in [5, 5.41) is 2.06. The molecule has 3 amide bonds. The molecule has 4 aromatic rings. The van der Waals surface area contributed by atoms with E-state index in [2.05, 4.69) is 26.2 Å². The number of hydrogen-bond acceptors (Lipinski definition) is 8. The largest absolute Gasteiger partial charge is 0.497 e. The number of aromatic nitrogens is 1. The molecule has 2 aliphatic rings. The lowest BCUT2D eigenvalue weighted by Gasteiger charge is -2.31. The van der Waals surface area contributed by atoms with Crippen molar-refractivity contribution < 1.29 is 37.0 Å². The summed E-state index contributed by atoms with van der Waals surface area (Å²) in [4.78, 5) is 56.5. The second-order valence-electron chi connectivity index (χ2n) is 10.1. The molecule has 3 aromatic carbocycles. The van der Waals surface area contributed by atoms with E-state index in [1.807, 2.05) is 0 Å². The molecule has 0 spiro atoms. The monoisotopic (exact) mass is 719 g/mol. The molecule has 1 aromatic heterocycles. The van der Waals surface area contributed by atoms with Gasteiger partial charge >= 0.3 is 11.0 Å². The lowest BCUT2D eigenvalue weighted by Crippen LogP contribution is -2.32. The summed E-state index contributed by atoms with van der Waals surface area (Å²) in [5.41, 5.74) is -0.274. The summed E-state index contributed by atoms with van der Waals surface area (Å²) < 4.78 is 52.1. The molecule has 15 heteroatoms.